The lowest BCUT2D eigenvalue weighted by atomic mass is 10.2. The molecule has 1 aromatic heterocycles. The summed E-state index contributed by atoms with van der Waals surface area (Å²) in [4.78, 5) is 0.285. The molecule has 1 aromatic carbocycles. The van der Waals surface area contributed by atoms with Gasteiger partial charge in [0.15, 0.2) is 15.7 Å². The molecule has 0 unspecified atom stereocenters. The predicted octanol–water partition coefficient (Wildman–Crippen LogP) is 0.886. The third kappa shape index (κ3) is 1.96. The van der Waals surface area contributed by atoms with Crippen LogP contribution in [0.15, 0.2) is 35.5 Å². The third-order valence-electron chi connectivity index (χ3n) is 2.23. The molecule has 0 aliphatic heterocycles. The molecular weight excluding hydrogens is 226 g/mol. The first-order valence-corrected chi connectivity index (χ1v) is 6.52. The second-order valence-corrected chi connectivity index (χ2v) is 5.58. The first kappa shape index (κ1) is 10.8. The highest BCUT2D eigenvalue weighted by atomic mass is 32.2. The zero-order chi connectivity index (χ0) is 11.8. The van der Waals surface area contributed by atoms with Gasteiger partial charge in [0.1, 0.15) is 6.33 Å². The van der Waals surface area contributed by atoms with E-state index in [-0.39, 0.29) is 4.90 Å². The molecule has 0 aliphatic carbocycles. The minimum absolute atomic E-state index is 0.285. The number of hydrogen-bond donors (Lipinski definition) is 0. The average molecular weight is 237 g/mol. The number of rotatable bonds is 2. The first-order valence-electron chi connectivity index (χ1n) is 4.63. The summed E-state index contributed by atoms with van der Waals surface area (Å²) in [5.41, 5.74) is 0.739. The maximum atomic E-state index is 11.4. The molecule has 6 heteroatoms. The number of nitrogens with zero attached hydrogens (tertiary/aromatic N) is 3. The molecule has 0 saturated heterocycles. The highest BCUT2D eigenvalue weighted by molar-refractivity contribution is 7.90. The summed E-state index contributed by atoms with van der Waals surface area (Å²) >= 11 is 0. The van der Waals surface area contributed by atoms with Gasteiger partial charge in [-0.15, -0.1) is 10.2 Å². The van der Waals surface area contributed by atoms with Gasteiger partial charge >= 0.3 is 0 Å². The van der Waals surface area contributed by atoms with Crippen molar-refractivity contribution in [2.75, 3.05) is 6.26 Å². The van der Waals surface area contributed by atoms with E-state index in [1.807, 2.05) is 7.05 Å². The van der Waals surface area contributed by atoms with Gasteiger partial charge in [0, 0.05) is 18.9 Å². The van der Waals surface area contributed by atoms with Gasteiger partial charge in [0.2, 0.25) is 0 Å². The molecule has 0 amide bonds. The van der Waals surface area contributed by atoms with Gasteiger partial charge in [-0.1, -0.05) is 12.1 Å². The van der Waals surface area contributed by atoms with E-state index in [0.29, 0.717) is 5.82 Å². The summed E-state index contributed by atoms with van der Waals surface area (Å²) in [6, 6.07) is 6.66. The van der Waals surface area contributed by atoms with Crippen LogP contribution < -0.4 is 0 Å². The molecule has 2 rings (SSSR count). The molecule has 1 heterocycles. The van der Waals surface area contributed by atoms with Crippen molar-refractivity contribution >= 4 is 9.84 Å². The summed E-state index contributed by atoms with van der Waals surface area (Å²) in [7, 11) is -1.38. The van der Waals surface area contributed by atoms with Crippen molar-refractivity contribution in [1.29, 1.82) is 0 Å². The molecule has 0 spiro atoms. The fraction of sp³-hybridized carbons (Fsp3) is 0.200. The van der Waals surface area contributed by atoms with Gasteiger partial charge in [-0.25, -0.2) is 8.42 Å². The minimum atomic E-state index is -3.19. The summed E-state index contributed by atoms with van der Waals surface area (Å²) in [6.45, 7) is 0. The van der Waals surface area contributed by atoms with Crippen LogP contribution in [-0.4, -0.2) is 29.4 Å². The standard InChI is InChI=1S/C10H11N3O2S/c1-13-7-11-12-10(13)8-4-3-5-9(6-8)16(2,14)15/h3-7H,1-2H3. The quantitative estimate of drug-likeness (QED) is 0.778. The Balaban J connectivity index is 2.57. The lowest BCUT2D eigenvalue weighted by Crippen LogP contribution is -1.98. The second kappa shape index (κ2) is 3.71. The van der Waals surface area contributed by atoms with Crippen molar-refractivity contribution in [3.63, 3.8) is 0 Å². The number of benzene rings is 1. The molecule has 0 N–H and O–H groups in total. The molecule has 0 radical (unpaired) electrons. The average Bonchev–Trinajstić information content (AvgIpc) is 2.63. The van der Waals surface area contributed by atoms with E-state index < -0.39 is 9.84 Å². The Kier molecular flexibility index (Phi) is 2.51. The number of hydrogen-bond acceptors (Lipinski definition) is 4. The Morgan fingerprint density at radius 3 is 2.62 bits per heavy atom. The van der Waals surface area contributed by atoms with Crippen LogP contribution >= 0.6 is 0 Å². The molecule has 16 heavy (non-hydrogen) atoms. The Bertz CT molecular complexity index is 616. The van der Waals surface area contributed by atoms with Gasteiger partial charge < -0.3 is 4.57 Å². The fourth-order valence-electron chi connectivity index (χ4n) is 1.41. The number of aromatic nitrogens is 3. The van der Waals surface area contributed by atoms with Crippen LogP contribution in [0.25, 0.3) is 11.4 Å². The summed E-state index contributed by atoms with van der Waals surface area (Å²) < 4.78 is 24.5. The van der Waals surface area contributed by atoms with Crippen molar-refractivity contribution in [1.82, 2.24) is 14.8 Å². The maximum absolute atomic E-state index is 11.4. The molecule has 0 fully saturated rings. The van der Waals surface area contributed by atoms with E-state index >= 15 is 0 Å². The Morgan fingerprint density at radius 1 is 1.31 bits per heavy atom. The van der Waals surface area contributed by atoms with Crippen LogP contribution in [0.3, 0.4) is 0 Å². The SMILES string of the molecule is Cn1cnnc1-c1cccc(S(C)(=O)=O)c1. The van der Waals surface area contributed by atoms with Crippen LogP contribution in [0.2, 0.25) is 0 Å². The largest absolute Gasteiger partial charge is 0.317 e. The van der Waals surface area contributed by atoms with Gasteiger partial charge in [-0.2, -0.15) is 0 Å². The van der Waals surface area contributed by atoms with Crippen LogP contribution in [-0.2, 0) is 16.9 Å². The Labute approximate surface area is 93.7 Å². The van der Waals surface area contributed by atoms with E-state index in [1.54, 1.807) is 35.2 Å². The number of sulfone groups is 1. The monoisotopic (exact) mass is 237 g/mol. The zero-order valence-corrected chi connectivity index (χ0v) is 9.77. The smallest absolute Gasteiger partial charge is 0.175 e. The fourth-order valence-corrected chi connectivity index (χ4v) is 2.08. The van der Waals surface area contributed by atoms with E-state index in [2.05, 4.69) is 10.2 Å². The normalized spacial score (nSPS) is 11.6. The topological polar surface area (TPSA) is 64.8 Å². The van der Waals surface area contributed by atoms with E-state index in [0.717, 1.165) is 5.56 Å². The third-order valence-corrected chi connectivity index (χ3v) is 3.34. The second-order valence-electron chi connectivity index (χ2n) is 3.57. The number of aryl methyl sites for hydroxylation is 1. The molecule has 0 atom stereocenters. The summed E-state index contributed by atoms with van der Waals surface area (Å²) in [5, 5.41) is 7.68. The highest BCUT2D eigenvalue weighted by Crippen LogP contribution is 2.19. The van der Waals surface area contributed by atoms with Crippen molar-refractivity contribution in [3.8, 4) is 11.4 Å². The van der Waals surface area contributed by atoms with E-state index in [4.69, 9.17) is 0 Å². The van der Waals surface area contributed by atoms with Gasteiger partial charge in [0.05, 0.1) is 4.90 Å². The first-order chi connectivity index (χ1) is 7.48. The Hall–Kier alpha value is -1.69. The van der Waals surface area contributed by atoms with Gasteiger partial charge in [-0.3, -0.25) is 0 Å². The van der Waals surface area contributed by atoms with Gasteiger partial charge in [0.25, 0.3) is 0 Å². The van der Waals surface area contributed by atoms with Crippen molar-refractivity contribution < 1.29 is 8.42 Å². The van der Waals surface area contributed by atoms with Gasteiger partial charge in [-0.05, 0) is 12.1 Å². The van der Waals surface area contributed by atoms with E-state index in [9.17, 15) is 8.42 Å². The van der Waals surface area contributed by atoms with Crippen LogP contribution in [0.5, 0.6) is 0 Å². The molecule has 5 nitrogen and oxygen atoms in total. The molecule has 0 aliphatic rings. The lowest BCUT2D eigenvalue weighted by Gasteiger charge is -2.02. The van der Waals surface area contributed by atoms with E-state index in [1.165, 1.54) is 6.26 Å². The van der Waals surface area contributed by atoms with Crippen molar-refractivity contribution in [3.05, 3.63) is 30.6 Å². The van der Waals surface area contributed by atoms with Crippen molar-refractivity contribution in [2.24, 2.45) is 7.05 Å². The minimum Gasteiger partial charge on any atom is -0.317 e. The Morgan fingerprint density at radius 2 is 2.06 bits per heavy atom. The van der Waals surface area contributed by atoms with Crippen molar-refractivity contribution in [2.45, 2.75) is 4.90 Å². The molecule has 0 bridgehead atoms. The highest BCUT2D eigenvalue weighted by Gasteiger charge is 2.10. The van der Waals surface area contributed by atoms with Crippen LogP contribution in [0.4, 0.5) is 0 Å². The molecule has 84 valence electrons. The molecule has 2 aromatic rings. The molecular formula is C10H11N3O2S. The zero-order valence-electron chi connectivity index (χ0n) is 8.95. The van der Waals surface area contributed by atoms with Crippen LogP contribution in [0.1, 0.15) is 0 Å². The maximum Gasteiger partial charge on any atom is 0.175 e. The molecule has 0 saturated carbocycles. The predicted molar refractivity (Wildman–Crippen MR) is 59.5 cm³/mol. The summed E-state index contributed by atoms with van der Waals surface area (Å²) in [5.74, 6) is 0.644. The lowest BCUT2D eigenvalue weighted by molar-refractivity contribution is 0.602. The van der Waals surface area contributed by atoms with Crippen LogP contribution in [0, 0.1) is 0 Å². The summed E-state index contributed by atoms with van der Waals surface area (Å²) in [6.07, 6.45) is 2.76.